The third-order valence-corrected chi connectivity index (χ3v) is 6.08. The number of carbonyl (C=O) groups is 4. The molecule has 2 N–H and O–H groups in total. The number of nitrogens with one attached hydrogen (secondary N) is 2. The van der Waals surface area contributed by atoms with E-state index in [4.69, 9.17) is 16.3 Å². The molecule has 3 aromatic carbocycles. The maximum absolute atomic E-state index is 13.0. The van der Waals surface area contributed by atoms with Crippen LogP contribution in [-0.4, -0.2) is 30.3 Å². The van der Waals surface area contributed by atoms with Crippen LogP contribution in [0.4, 0.5) is 11.4 Å². The lowest BCUT2D eigenvalue weighted by Crippen LogP contribution is -2.32. The second kappa shape index (κ2) is 11.1. The Kier molecular flexibility index (Phi) is 7.69. The topological polar surface area (TPSA) is 105 Å². The average Bonchev–Trinajstić information content (AvgIpc) is 3.12. The highest BCUT2D eigenvalue weighted by atomic mass is 35.5. The summed E-state index contributed by atoms with van der Waals surface area (Å²) in [7, 11) is 0. The van der Waals surface area contributed by atoms with Crippen LogP contribution < -0.4 is 15.5 Å². The number of hydrogen-bond donors (Lipinski definition) is 2. The van der Waals surface area contributed by atoms with Gasteiger partial charge in [-0.3, -0.25) is 14.4 Å². The van der Waals surface area contributed by atoms with E-state index in [1.165, 1.54) is 24.3 Å². The summed E-state index contributed by atoms with van der Waals surface area (Å²) in [4.78, 5) is 51.2. The molecule has 0 saturated carbocycles. The third kappa shape index (κ3) is 5.54. The van der Waals surface area contributed by atoms with E-state index in [9.17, 15) is 19.2 Å². The van der Waals surface area contributed by atoms with Crippen molar-refractivity contribution in [2.75, 3.05) is 16.8 Å². The van der Waals surface area contributed by atoms with Crippen LogP contribution in [0.3, 0.4) is 0 Å². The summed E-state index contributed by atoms with van der Waals surface area (Å²) >= 11 is 6.21. The zero-order valence-electron chi connectivity index (χ0n) is 20.2. The monoisotopic (exact) mass is 517 g/mol. The van der Waals surface area contributed by atoms with Gasteiger partial charge in [-0.1, -0.05) is 41.9 Å². The Morgan fingerprint density at radius 1 is 0.892 bits per heavy atom. The quantitative estimate of drug-likeness (QED) is 0.329. The minimum Gasteiger partial charge on any atom is -0.462 e. The van der Waals surface area contributed by atoms with Crippen molar-refractivity contribution in [3.63, 3.8) is 0 Å². The molecule has 8 nitrogen and oxygen atoms in total. The van der Waals surface area contributed by atoms with Crippen LogP contribution in [0, 0.1) is 0 Å². The van der Waals surface area contributed by atoms with Gasteiger partial charge in [0.2, 0.25) is 0 Å². The van der Waals surface area contributed by atoms with Gasteiger partial charge >= 0.3 is 5.97 Å². The van der Waals surface area contributed by atoms with Crippen LogP contribution in [0.15, 0.2) is 89.6 Å². The van der Waals surface area contributed by atoms with Gasteiger partial charge < -0.3 is 15.4 Å². The Labute approximate surface area is 218 Å². The average molecular weight is 518 g/mol. The highest BCUT2D eigenvalue weighted by Crippen LogP contribution is 2.30. The molecule has 0 saturated heterocycles. The number of rotatable bonds is 8. The highest BCUT2D eigenvalue weighted by molar-refractivity contribution is 6.53. The summed E-state index contributed by atoms with van der Waals surface area (Å²) in [5.74, 6) is -2.08. The number of benzene rings is 3. The van der Waals surface area contributed by atoms with E-state index in [0.717, 1.165) is 10.5 Å². The van der Waals surface area contributed by atoms with Crippen LogP contribution in [0.25, 0.3) is 0 Å². The van der Waals surface area contributed by atoms with E-state index < -0.39 is 17.8 Å². The van der Waals surface area contributed by atoms with Gasteiger partial charge in [0.1, 0.15) is 10.7 Å². The molecule has 0 radical (unpaired) electrons. The lowest BCUT2D eigenvalue weighted by molar-refractivity contribution is -0.120. The first-order chi connectivity index (χ1) is 17.8. The maximum atomic E-state index is 13.0. The van der Waals surface area contributed by atoms with Crippen molar-refractivity contribution in [3.05, 3.63) is 106 Å². The van der Waals surface area contributed by atoms with Crippen LogP contribution in [-0.2, 0) is 14.3 Å². The molecule has 1 aliphatic rings. The Balaban J connectivity index is 1.43. The first-order valence-electron chi connectivity index (χ1n) is 11.6. The zero-order valence-corrected chi connectivity index (χ0v) is 20.9. The third-order valence-electron chi connectivity index (χ3n) is 5.73. The molecule has 0 aliphatic carbocycles. The predicted molar refractivity (Wildman–Crippen MR) is 140 cm³/mol. The molecular weight excluding hydrogens is 494 g/mol. The van der Waals surface area contributed by atoms with E-state index in [2.05, 4.69) is 10.6 Å². The van der Waals surface area contributed by atoms with Gasteiger partial charge in [0.05, 0.1) is 23.9 Å². The van der Waals surface area contributed by atoms with Crippen molar-refractivity contribution in [3.8, 4) is 0 Å². The van der Waals surface area contributed by atoms with Crippen LogP contribution in [0.1, 0.15) is 46.2 Å². The Hall–Kier alpha value is -4.43. The molecule has 0 fully saturated rings. The molecule has 1 heterocycles. The van der Waals surface area contributed by atoms with E-state index in [0.29, 0.717) is 16.8 Å². The van der Waals surface area contributed by atoms with Crippen LogP contribution in [0.2, 0.25) is 0 Å². The van der Waals surface area contributed by atoms with Crippen LogP contribution in [0.5, 0.6) is 0 Å². The van der Waals surface area contributed by atoms with Crippen LogP contribution >= 0.6 is 11.6 Å². The lowest BCUT2D eigenvalue weighted by Gasteiger charge is -2.16. The van der Waals surface area contributed by atoms with Gasteiger partial charge in [-0.2, -0.15) is 0 Å². The molecule has 4 rings (SSSR count). The van der Waals surface area contributed by atoms with Gasteiger partial charge in [0.25, 0.3) is 17.7 Å². The molecule has 1 aliphatic heterocycles. The minimum atomic E-state index is -0.691. The molecule has 37 heavy (non-hydrogen) atoms. The number of hydrogen-bond acceptors (Lipinski definition) is 6. The summed E-state index contributed by atoms with van der Waals surface area (Å²) in [6.07, 6.45) is 0. The van der Waals surface area contributed by atoms with Crippen molar-refractivity contribution in [2.45, 2.75) is 19.9 Å². The Morgan fingerprint density at radius 2 is 1.51 bits per heavy atom. The Morgan fingerprint density at radius 3 is 2.14 bits per heavy atom. The van der Waals surface area contributed by atoms with Crippen molar-refractivity contribution in [1.29, 1.82) is 0 Å². The van der Waals surface area contributed by atoms with Gasteiger partial charge in [-0.05, 0) is 67.9 Å². The van der Waals surface area contributed by atoms with E-state index in [1.54, 1.807) is 31.2 Å². The molecule has 0 aromatic heterocycles. The number of carbonyl (C=O) groups excluding carboxylic acids is 4. The predicted octanol–water partition coefficient (Wildman–Crippen LogP) is 4.79. The molecule has 9 heteroatoms. The lowest BCUT2D eigenvalue weighted by atomic mass is 10.1. The first-order valence-corrected chi connectivity index (χ1v) is 12.0. The van der Waals surface area contributed by atoms with E-state index in [-0.39, 0.29) is 35.0 Å². The molecule has 0 bridgehead atoms. The highest BCUT2D eigenvalue weighted by Gasteiger charge is 2.39. The number of imide groups is 1. The summed E-state index contributed by atoms with van der Waals surface area (Å²) in [5.41, 5.74) is 2.37. The number of esters is 1. The minimum absolute atomic E-state index is 0.0870. The zero-order chi connectivity index (χ0) is 26.5. The fraction of sp³-hybridized carbons (Fsp3) is 0.143. The molecule has 188 valence electrons. The number of nitrogens with zero attached hydrogens (tertiary/aromatic N) is 1. The Bertz CT molecular complexity index is 1370. The molecule has 1 unspecified atom stereocenters. The van der Waals surface area contributed by atoms with E-state index in [1.807, 2.05) is 37.3 Å². The summed E-state index contributed by atoms with van der Waals surface area (Å²) < 4.78 is 4.95. The fourth-order valence-electron chi connectivity index (χ4n) is 3.76. The first kappa shape index (κ1) is 25.7. The van der Waals surface area contributed by atoms with Gasteiger partial charge in [-0.25, -0.2) is 9.69 Å². The van der Waals surface area contributed by atoms with Gasteiger partial charge in [0, 0.05) is 11.3 Å². The number of amides is 3. The number of ether oxygens (including phenoxy) is 1. The van der Waals surface area contributed by atoms with Crippen molar-refractivity contribution in [2.24, 2.45) is 0 Å². The van der Waals surface area contributed by atoms with Crippen molar-refractivity contribution >= 4 is 46.7 Å². The SMILES string of the molecule is CCOC(=O)c1ccc(N2C(=O)C(Cl)=C(Nc3ccc(C(=O)NC(C)c4ccccc4)cc3)C2=O)cc1. The summed E-state index contributed by atoms with van der Waals surface area (Å²) in [5, 5.41) is 5.56. The van der Waals surface area contributed by atoms with Crippen molar-refractivity contribution in [1.82, 2.24) is 5.32 Å². The van der Waals surface area contributed by atoms with Crippen molar-refractivity contribution < 1.29 is 23.9 Å². The molecule has 0 spiro atoms. The van der Waals surface area contributed by atoms with E-state index >= 15 is 0 Å². The second-order valence-electron chi connectivity index (χ2n) is 8.21. The number of halogens is 1. The largest absolute Gasteiger partial charge is 0.462 e. The number of anilines is 2. The maximum Gasteiger partial charge on any atom is 0.338 e. The molecular formula is C28H24ClN3O5. The summed E-state index contributed by atoms with van der Waals surface area (Å²) in [6.45, 7) is 3.83. The van der Waals surface area contributed by atoms with Gasteiger partial charge in [-0.15, -0.1) is 0 Å². The molecule has 1 atom stereocenters. The summed E-state index contributed by atoms with van der Waals surface area (Å²) in [6, 6.07) is 21.8. The fourth-order valence-corrected chi connectivity index (χ4v) is 3.97. The van der Waals surface area contributed by atoms with Gasteiger partial charge in [0.15, 0.2) is 0 Å². The normalized spacial score (nSPS) is 14.0. The molecule has 3 amide bonds. The molecule has 3 aromatic rings. The standard InChI is InChI=1S/C28H24ClN3O5/c1-3-37-28(36)20-11-15-22(16-12-20)32-26(34)23(29)24(27(32)35)31-21-13-9-19(10-14-21)25(33)30-17(2)18-7-5-4-6-8-18/h4-17,31H,3H2,1-2H3,(H,30,33). The smallest absolute Gasteiger partial charge is 0.338 e. The second-order valence-corrected chi connectivity index (χ2v) is 8.59.